The highest BCUT2D eigenvalue weighted by molar-refractivity contribution is 6.80. The first-order valence-electron chi connectivity index (χ1n) is 4.19. The van der Waals surface area contributed by atoms with E-state index in [9.17, 15) is 9.59 Å². The second-order valence-electron chi connectivity index (χ2n) is 4.19. The lowest BCUT2D eigenvalue weighted by molar-refractivity contribution is -0.138. The Kier molecular flexibility index (Phi) is 4.12. The van der Waals surface area contributed by atoms with Crippen LogP contribution in [-0.2, 0) is 9.59 Å². The van der Waals surface area contributed by atoms with E-state index in [1.165, 1.54) is 0 Å². The Morgan fingerprint density at radius 1 is 1.23 bits per heavy atom. The zero-order valence-electron chi connectivity index (χ0n) is 8.20. The Labute approximate surface area is 78.6 Å². The van der Waals surface area contributed by atoms with Crippen LogP contribution in [0, 0.1) is 0 Å². The van der Waals surface area contributed by atoms with Crippen molar-refractivity contribution in [3.05, 3.63) is 0 Å². The predicted octanol–water partition coefficient (Wildman–Crippen LogP) is 1.64. The largest absolute Gasteiger partial charge is 0.481 e. The summed E-state index contributed by atoms with van der Waals surface area (Å²) in [5.74, 6) is -1.79. The van der Waals surface area contributed by atoms with Gasteiger partial charge in [-0.25, -0.2) is 0 Å². The van der Waals surface area contributed by atoms with E-state index in [1.54, 1.807) is 0 Å². The molecule has 4 nitrogen and oxygen atoms in total. The second-order valence-corrected chi connectivity index (χ2v) is 9.62. The van der Waals surface area contributed by atoms with Crippen molar-refractivity contribution in [2.45, 2.75) is 38.0 Å². The third kappa shape index (κ3) is 4.67. The summed E-state index contributed by atoms with van der Waals surface area (Å²) in [6.45, 7) is 5.81. The maximum Gasteiger partial charge on any atom is 0.303 e. The van der Waals surface area contributed by atoms with Crippen LogP contribution in [0.2, 0.25) is 25.2 Å². The Morgan fingerprint density at radius 3 is 1.92 bits per heavy atom. The molecule has 0 aliphatic rings. The first-order chi connectivity index (χ1) is 5.75. The van der Waals surface area contributed by atoms with Gasteiger partial charge in [-0.3, -0.25) is 9.59 Å². The Morgan fingerprint density at radius 2 is 1.69 bits per heavy atom. The molecule has 0 heterocycles. The number of carboxylic acid groups (broad SMARTS) is 2. The van der Waals surface area contributed by atoms with Gasteiger partial charge in [0.05, 0.1) is 13.6 Å². The van der Waals surface area contributed by atoms with Gasteiger partial charge in [0.1, 0.15) is 0 Å². The van der Waals surface area contributed by atoms with Gasteiger partial charge in [0, 0.05) is 6.42 Å². The minimum absolute atomic E-state index is 0.0543. The van der Waals surface area contributed by atoms with Gasteiger partial charge in [-0.1, -0.05) is 19.6 Å². The smallest absolute Gasteiger partial charge is 0.303 e. The number of carboxylic acids is 2. The lowest BCUT2D eigenvalue weighted by Crippen LogP contribution is -2.34. The molecule has 1 unspecified atom stereocenters. The molecular formula is C8H16O4Si. The van der Waals surface area contributed by atoms with Crippen LogP contribution in [0.4, 0.5) is 0 Å². The first kappa shape index (κ1) is 12.2. The zero-order chi connectivity index (χ0) is 10.6. The van der Waals surface area contributed by atoms with Gasteiger partial charge in [-0.15, -0.1) is 0 Å². The van der Waals surface area contributed by atoms with Crippen LogP contribution in [0.5, 0.6) is 0 Å². The summed E-state index contributed by atoms with van der Waals surface area (Å²) in [4.78, 5) is 21.1. The van der Waals surface area contributed by atoms with Crippen LogP contribution in [0.25, 0.3) is 0 Å². The van der Waals surface area contributed by atoms with Gasteiger partial charge in [0.15, 0.2) is 0 Å². The summed E-state index contributed by atoms with van der Waals surface area (Å²) in [6, 6.07) is 0. The molecule has 0 aromatic carbocycles. The second kappa shape index (κ2) is 4.41. The topological polar surface area (TPSA) is 74.6 Å². The highest BCUT2D eigenvalue weighted by atomic mass is 28.3. The first-order valence-corrected chi connectivity index (χ1v) is 7.77. The van der Waals surface area contributed by atoms with Gasteiger partial charge in [0.2, 0.25) is 0 Å². The van der Waals surface area contributed by atoms with Crippen molar-refractivity contribution in [3.63, 3.8) is 0 Å². The molecule has 13 heavy (non-hydrogen) atoms. The number of carbonyl (C=O) groups is 2. The summed E-state index contributed by atoms with van der Waals surface area (Å²) in [6.07, 6.45) is 0.196. The average Bonchev–Trinajstić information content (AvgIpc) is 1.81. The monoisotopic (exact) mass is 204 g/mol. The molecule has 0 saturated heterocycles. The van der Waals surface area contributed by atoms with Gasteiger partial charge in [-0.05, 0) is 6.42 Å². The number of rotatable bonds is 5. The van der Waals surface area contributed by atoms with Gasteiger partial charge < -0.3 is 10.2 Å². The molecule has 0 aliphatic carbocycles. The van der Waals surface area contributed by atoms with Gasteiger partial charge in [0.25, 0.3) is 0 Å². The third-order valence-electron chi connectivity index (χ3n) is 1.99. The van der Waals surface area contributed by atoms with Crippen molar-refractivity contribution in [2.24, 2.45) is 0 Å². The average molecular weight is 204 g/mol. The molecule has 0 aliphatic heterocycles. The molecule has 0 amide bonds. The van der Waals surface area contributed by atoms with E-state index in [1.807, 2.05) is 19.6 Å². The van der Waals surface area contributed by atoms with Crippen molar-refractivity contribution in [1.29, 1.82) is 0 Å². The van der Waals surface area contributed by atoms with E-state index >= 15 is 0 Å². The SMILES string of the molecule is C[Si](C)(C)C(CCC(=O)O)C(=O)O. The molecule has 2 N–H and O–H groups in total. The summed E-state index contributed by atoms with van der Waals surface area (Å²) in [7, 11) is -1.78. The van der Waals surface area contributed by atoms with Crippen molar-refractivity contribution in [2.75, 3.05) is 0 Å². The van der Waals surface area contributed by atoms with Crippen molar-refractivity contribution in [3.8, 4) is 0 Å². The fourth-order valence-corrected chi connectivity index (χ4v) is 2.95. The Balaban J connectivity index is 4.28. The molecule has 0 bridgehead atoms. The Hall–Kier alpha value is -0.843. The highest BCUT2D eigenvalue weighted by Gasteiger charge is 2.32. The van der Waals surface area contributed by atoms with E-state index in [2.05, 4.69) is 0 Å². The molecule has 0 spiro atoms. The summed E-state index contributed by atoms with van der Waals surface area (Å²) in [5, 5.41) is 17.3. The molecule has 0 rings (SSSR count). The lowest BCUT2D eigenvalue weighted by atomic mass is 10.2. The lowest BCUT2D eigenvalue weighted by Gasteiger charge is -2.24. The quantitative estimate of drug-likeness (QED) is 0.668. The van der Waals surface area contributed by atoms with E-state index in [0.29, 0.717) is 0 Å². The van der Waals surface area contributed by atoms with Crippen LogP contribution in [0.15, 0.2) is 0 Å². The molecule has 1 atom stereocenters. The van der Waals surface area contributed by atoms with E-state index in [4.69, 9.17) is 10.2 Å². The molecule has 76 valence electrons. The maximum atomic E-state index is 10.8. The summed E-state index contributed by atoms with van der Waals surface area (Å²) < 4.78 is 0. The summed E-state index contributed by atoms with van der Waals surface area (Å²) >= 11 is 0. The molecule has 0 radical (unpaired) electrons. The molecule has 0 fully saturated rings. The molecule has 0 saturated carbocycles. The molecule has 5 heteroatoms. The van der Waals surface area contributed by atoms with Gasteiger partial charge >= 0.3 is 11.9 Å². The molecule has 0 aromatic heterocycles. The molecule has 0 aromatic rings. The standard InChI is InChI=1S/C8H16O4Si/c1-13(2,3)6(8(11)12)4-5-7(9)10/h6H,4-5H2,1-3H3,(H,9,10)(H,11,12). The number of aliphatic carboxylic acids is 2. The van der Waals surface area contributed by atoms with Crippen LogP contribution < -0.4 is 0 Å². The van der Waals surface area contributed by atoms with Crippen molar-refractivity contribution >= 4 is 20.0 Å². The predicted molar refractivity (Wildman–Crippen MR) is 51.6 cm³/mol. The van der Waals surface area contributed by atoms with Crippen LogP contribution in [0.3, 0.4) is 0 Å². The van der Waals surface area contributed by atoms with E-state index in [0.717, 1.165) is 0 Å². The molecular weight excluding hydrogens is 188 g/mol. The fourth-order valence-electron chi connectivity index (χ4n) is 1.19. The van der Waals surface area contributed by atoms with Crippen molar-refractivity contribution < 1.29 is 19.8 Å². The zero-order valence-corrected chi connectivity index (χ0v) is 9.20. The maximum absolute atomic E-state index is 10.8. The van der Waals surface area contributed by atoms with E-state index in [-0.39, 0.29) is 12.8 Å². The fraction of sp³-hybridized carbons (Fsp3) is 0.750. The minimum atomic E-state index is -1.78. The normalized spacial score (nSPS) is 13.8. The minimum Gasteiger partial charge on any atom is -0.481 e. The summed E-state index contributed by atoms with van der Waals surface area (Å²) in [5.41, 5.74) is -0.455. The van der Waals surface area contributed by atoms with Crippen LogP contribution in [-0.4, -0.2) is 30.2 Å². The van der Waals surface area contributed by atoms with Crippen LogP contribution in [0.1, 0.15) is 12.8 Å². The van der Waals surface area contributed by atoms with E-state index < -0.39 is 25.6 Å². The number of hydrogen-bond donors (Lipinski definition) is 2. The van der Waals surface area contributed by atoms with Crippen molar-refractivity contribution in [1.82, 2.24) is 0 Å². The van der Waals surface area contributed by atoms with Crippen LogP contribution >= 0.6 is 0 Å². The highest BCUT2D eigenvalue weighted by Crippen LogP contribution is 2.26. The number of hydrogen-bond acceptors (Lipinski definition) is 2. The Bertz CT molecular complexity index is 207. The third-order valence-corrected chi connectivity index (χ3v) is 4.62. The van der Waals surface area contributed by atoms with Gasteiger partial charge in [-0.2, -0.15) is 0 Å².